The fourth-order valence-electron chi connectivity index (χ4n) is 1.91. The molecule has 0 saturated heterocycles. The zero-order valence-corrected chi connectivity index (χ0v) is 8.50. The molecule has 0 aromatic rings. The second-order valence-electron chi connectivity index (χ2n) is 4.23. The minimum atomic E-state index is -1.00. The van der Waals surface area contributed by atoms with Crippen LogP contribution in [0.1, 0.15) is 27.2 Å². The molecule has 0 aromatic heterocycles. The van der Waals surface area contributed by atoms with Crippen LogP contribution in [0.4, 0.5) is 0 Å². The van der Waals surface area contributed by atoms with Crippen molar-refractivity contribution in [3.05, 3.63) is 11.1 Å². The van der Waals surface area contributed by atoms with Crippen LogP contribution in [-0.4, -0.2) is 22.2 Å². The highest BCUT2D eigenvalue weighted by molar-refractivity contribution is 5.90. The van der Waals surface area contributed by atoms with E-state index >= 15 is 0 Å². The molecule has 0 aromatic carbocycles. The number of carbonyl (C=O) groups is 2. The molecule has 2 N–H and O–H groups in total. The monoisotopic (exact) mass is 198 g/mol. The molecule has 0 aliphatic heterocycles. The number of carboxylic acids is 2. The van der Waals surface area contributed by atoms with E-state index < -0.39 is 23.3 Å². The molecule has 0 spiro atoms. The summed E-state index contributed by atoms with van der Waals surface area (Å²) >= 11 is 0. The van der Waals surface area contributed by atoms with Crippen LogP contribution in [0.15, 0.2) is 11.1 Å². The first-order valence-electron chi connectivity index (χ1n) is 4.44. The third-order valence-electron chi connectivity index (χ3n) is 3.25. The highest BCUT2D eigenvalue weighted by Crippen LogP contribution is 2.46. The summed E-state index contributed by atoms with van der Waals surface area (Å²) in [6.07, 6.45) is 0.128. The standard InChI is InChI=1S/C10H14O4/c1-5-6(8(11)12)4-7(9(13)14)10(5,2)3/h7H,4H2,1-3H3,(H,11,12)(H,13,14). The first-order valence-corrected chi connectivity index (χ1v) is 4.44. The van der Waals surface area contributed by atoms with Crippen LogP contribution in [-0.2, 0) is 9.59 Å². The molecule has 1 rings (SSSR count). The maximum absolute atomic E-state index is 10.9. The van der Waals surface area contributed by atoms with Crippen molar-refractivity contribution in [1.82, 2.24) is 0 Å². The average Bonchev–Trinajstić information content (AvgIpc) is 2.24. The Bertz CT molecular complexity index is 325. The molecular weight excluding hydrogens is 184 g/mol. The van der Waals surface area contributed by atoms with Gasteiger partial charge in [0.25, 0.3) is 0 Å². The van der Waals surface area contributed by atoms with Crippen molar-refractivity contribution in [3.63, 3.8) is 0 Å². The second kappa shape index (κ2) is 3.12. The minimum absolute atomic E-state index is 0.128. The predicted octanol–water partition coefficient (Wildman–Crippen LogP) is 1.52. The summed E-state index contributed by atoms with van der Waals surface area (Å²) < 4.78 is 0. The lowest BCUT2D eigenvalue weighted by atomic mass is 9.78. The van der Waals surface area contributed by atoms with Gasteiger partial charge in [0.1, 0.15) is 0 Å². The molecule has 0 amide bonds. The summed E-state index contributed by atoms with van der Waals surface area (Å²) in [5.41, 5.74) is 0.374. The van der Waals surface area contributed by atoms with E-state index in [4.69, 9.17) is 10.2 Å². The summed E-state index contributed by atoms with van der Waals surface area (Å²) in [7, 11) is 0. The second-order valence-corrected chi connectivity index (χ2v) is 4.23. The largest absolute Gasteiger partial charge is 0.481 e. The molecule has 0 heterocycles. The molecular formula is C10H14O4. The summed E-state index contributed by atoms with van der Waals surface area (Å²) in [6.45, 7) is 5.25. The highest BCUT2D eigenvalue weighted by Gasteiger charge is 2.45. The smallest absolute Gasteiger partial charge is 0.331 e. The van der Waals surface area contributed by atoms with Gasteiger partial charge in [-0.3, -0.25) is 4.79 Å². The summed E-state index contributed by atoms with van der Waals surface area (Å²) in [4.78, 5) is 21.7. The molecule has 0 radical (unpaired) electrons. The van der Waals surface area contributed by atoms with Crippen LogP contribution >= 0.6 is 0 Å². The van der Waals surface area contributed by atoms with E-state index in [0.717, 1.165) is 0 Å². The van der Waals surface area contributed by atoms with Gasteiger partial charge in [-0.2, -0.15) is 0 Å². The summed E-state index contributed by atoms with van der Waals surface area (Å²) in [6, 6.07) is 0. The van der Waals surface area contributed by atoms with E-state index in [1.807, 2.05) is 0 Å². The van der Waals surface area contributed by atoms with Crippen molar-refractivity contribution >= 4 is 11.9 Å². The summed E-state index contributed by atoms with van der Waals surface area (Å²) in [5, 5.41) is 17.8. The van der Waals surface area contributed by atoms with Crippen molar-refractivity contribution in [3.8, 4) is 0 Å². The number of aliphatic carboxylic acids is 2. The van der Waals surface area contributed by atoms with Crippen LogP contribution in [0.3, 0.4) is 0 Å². The summed E-state index contributed by atoms with van der Waals surface area (Å²) in [5.74, 6) is -2.54. The number of hydrogen-bond acceptors (Lipinski definition) is 2. The molecule has 0 saturated carbocycles. The number of carboxylic acid groups (broad SMARTS) is 2. The van der Waals surface area contributed by atoms with Gasteiger partial charge in [0.05, 0.1) is 5.92 Å². The molecule has 78 valence electrons. The molecule has 4 nitrogen and oxygen atoms in total. The molecule has 1 atom stereocenters. The van der Waals surface area contributed by atoms with Gasteiger partial charge in [-0.15, -0.1) is 0 Å². The third-order valence-corrected chi connectivity index (χ3v) is 3.25. The minimum Gasteiger partial charge on any atom is -0.481 e. The Morgan fingerprint density at radius 1 is 1.36 bits per heavy atom. The molecule has 1 unspecified atom stereocenters. The number of allylic oxidation sites excluding steroid dienone is 1. The van der Waals surface area contributed by atoms with E-state index in [9.17, 15) is 9.59 Å². The van der Waals surface area contributed by atoms with Gasteiger partial charge in [0.2, 0.25) is 0 Å². The topological polar surface area (TPSA) is 74.6 Å². The lowest BCUT2D eigenvalue weighted by molar-refractivity contribution is -0.144. The van der Waals surface area contributed by atoms with Gasteiger partial charge < -0.3 is 10.2 Å². The Morgan fingerprint density at radius 2 is 1.86 bits per heavy atom. The Labute approximate surface area is 82.2 Å². The Morgan fingerprint density at radius 3 is 2.07 bits per heavy atom. The number of hydrogen-bond donors (Lipinski definition) is 2. The van der Waals surface area contributed by atoms with Gasteiger partial charge in [0.15, 0.2) is 0 Å². The van der Waals surface area contributed by atoms with Crippen molar-refractivity contribution in [2.24, 2.45) is 11.3 Å². The van der Waals surface area contributed by atoms with Crippen molar-refractivity contribution in [2.75, 3.05) is 0 Å². The lowest BCUT2D eigenvalue weighted by Crippen LogP contribution is -2.27. The molecule has 1 aliphatic rings. The van der Waals surface area contributed by atoms with Crippen LogP contribution < -0.4 is 0 Å². The zero-order valence-electron chi connectivity index (χ0n) is 8.50. The quantitative estimate of drug-likeness (QED) is 0.705. The van der Waals surface area contributed by atoms with Crippen LogP contribution in [0.5, 0.6) is 0 Å². The maximum Gasteiger partial charge on any atom is 0.331 e. The highest BCUT2D eigenvalue weighted by atomic mass is 16.4. The molecule has 1 aliphatic carbocycles. The first kappa shape index (κ1) is 10.8. The molecule has 0 bridgehead atoms. The van der Waals surface area contributed by atoms with Crippen molar-refractivity contribution in [2.45, 2.75) is 27.2 Å². The van der Waals surface area contributed by atoms with Crippen LogP contribution in [0.2, 0.25) is 0 Å². The Balaban J connectivity index is 3.12. The van der Waals surface area contributed by atoms with Gasteiger partial charge in [-0.25, -0.2) is 4.79 Å². The van der Waals surface area contributed by atoms with E-state index in [0.29, 0.717) is 5.57 Å². The maximum atomic E-state index is 10.9. The average molecular weight is 198 g/mol. The predicted molar refractivity (Wildman–Crippen MR) is 49.9 cm³/mol. The van der Waals surface area contributed by atoms with Gasteiger partial charge in [-0.1, -0.05) is 19.4 Å². The van der Waals surface area contributed by atoms with E-state index in [1.54, 1.807) is 20.8 Å². The third kappa shape index (κ3) is 1.41. The molecule has 0 fully saturated rings. The van der Waals surface area contributed by atoms with Crippen molar-refractivity contribution < 1.29 is 19.8 Å². The first-order chi connectivity index (χ1) is 6.28. The van der Waals surface area contributed by atoms with Crippen LogP contribution in [0, 0.1) is 11.3 Å². The Hall–Kier alpha value is -1.32. The van der Waals surface area contributed by atoms with Gasteiger partial charge in [-0.05, 0) is 18.8 Å². The molecule has 14 heavy (non-hydrogen) atoms. The SMILES string of the molecule is CC1=C(C(=O)O)CC(C(=O)O)C1(C)C. The van der Waals surface area contributed by atoms with E-state index in [1.165, 1.54) is 0 Å². The van der Waals surface area contributed by atoms with Gasteiger partial charge >= 0.3 is 11.9 Å². The molecule has 4 heteroatoms. The van der Waals surface area contributed by atoms with Gasteiger partial charge in [0, 0.05) is 5.57 Å². The fourth-order valence-corrected chi connectivity index (χ4v) is 1.91. The Kier molecular flexibility index (Phi) is 2.39. The van der Waals surface area contributed by atoms with E-state index in [-0.39, 0.29) is 12.0 Å². The normalized spacial score (nSPS) is 25.2. The van der Waals surface area contributed by atoms with E-state index in [2.05, 4.69) is 0 Å². The lowest BCUT2D eigenvalue weighted by Gasteiger charge is -2.25. The zero-order chi connectivity index (χ0) is 11.1. The van der Waals surface area contributed by atoms with Crippen molar-refractivity contribution in [1.29, 1.82) is 0 Å². The number of rotatable bonds is 2. The fraction of sp³-hybridized carbons (Fsp3) is 0.600. The van der Waals surface area contributed by atoms with Crippen LogP contribution in [0.25, 0.3) is 0 Å².